The normalized spacial score (nSPS) is 15.9. The third kappa shape index (κ3) is 4.75. The molecule has 0 saturated carbocycles. The summed E-state index contributed by atoms with van der Waals surface area (Å²) < 4.78 is 0. The summed E-state index contributed by atoms with van der Waals surface area (Å²) in [5.41, 5.74) is 5.21. The summed E-state index contributed by atoms with van der Waals surface area (Å²) in [5, 5.41) is 17.4. The summed E-state index contributed by atoms with van der Waals surface area (Å²) in [6.45, 7) is 1.84. The van der Waals surface area contributed by atoms with E-state index in [4.69, 9.17) is 15.9 Å². The first-order valence-corrected chi connectivity index (χ1v) is 3.74. The van der Waals surface area contributed by atoms with E-state index in [1.54, 1.807) is 0 Å². The molecule has 0 aliphatic carbocycles. The molecular weight excluding hydrogens is 146 g/mol. The Balaban J connectivity index is 3.45. The summed E-state index contributed by atoms with van der Waals surface area (Å²) in [6, 6.07) is -0.837. The Hall–Kier alpha value is -0.610. The quantitative estimate of drug-likeness (QED) is 0.528. The number of nitrogens with two attached hydrogens (primary N) is 1. The summed E-state index contributed by atoms with van der Waals surface area (Å²) in [6.07, 6.45) is 1.03. The lowest BCUT2D eigenvalue weighted by atomic mass is 10.1. The fourth-order valence-electron chi connectivity index (χ4n) is 0.700. The van der Waals surface area contributed by atoms with Crippen LogP contribution in [0.1, 0.15) is 26.2 Å². The first-order chi connectivity index (χ1) is 5.07. The lowest BCUT2D eigenvalue weighted by Crippen LogP contribution is -2.30. The van der Waals surface area contributed by atoms with E-state index in [2.05, 4.69) is 0 Å². The van der Waals surface area contributed by atoms with E-state index >= 15 is 0 Å². The molecule has 2 atom stereocenters. The van der Waals surface area contributed by atoms with Gasteiger partial charge in [0.05, 0.1) is 6.10 Å². The van der Waals surface area contributed by atoms with Gasteiger partial charge in [0.15, 0.2) is 0 Å². The van der Waals surface area contributed by atoms with Crippen molar-refractivity contribution in [2.75, 3.05) is 0 Å². The smallest absolute Gasteiger partial charge is 0.320 e. The number of hydrogen-bond donors (Lipinski definition) is 3. The van der Waals surface area contributed by atoms with E-state index in [0.717, 1.165) is 0 Å². The molecule has 66 valence electrons. The number of rotatable bonds is 5. The van der Waals surface area contributed by atoms with Gasteiger partial charge in [-0.25, -0.2) is 0 Å². The average Bonchev–Trinajstić information content (AvgIpc) is 1.99. The van der Waals surface area contributed by atoms with Crippen molar-refractivity contribution in [1.29, 1.82) is 0 Å². The van der Waals surface area contributed by atoms with Gasteiger partial charge in [0, 0.05) is 0 Å². The predicted octanol–water partition coefficient (Wildman–Crippen LogP) is -0.0506. The van der Waals surface area contributed by atoms with E-state index in [-0.39, 0.29) is 0 Å². The van der Waals surface area contributed by atoms with Crippen molar-refractivity contribution in [3.63, 3.8) is 0 Å². The lowest BCUT2D eigenvalue weighted by molar-refractivity contribution is -0.138. The molecule has 0 aliphatic rings. The molecule has 0 amide bonds. The average molecular weight is 161 g/mol. The molecule has 0 aromatic rings. The topological polar surface area (TPSA) is 83.5 Å². The zero-order valence-corrected chi connectivity index (χ0v) is 6.66. The first-order valence-electron chi connectivity index (χ1n) is 3.74. The van der Waals surface area contributed by atoms with E-state index in [1.807, 2.05) is 6.92 Å². The van der Waals surface area contributed by atoms with Crippen LogP contribution in [0.15, 0.2) is 0 Å². The van der Waals surface area contributed by atoms with Crippen LogP contribution in [0.4, 0.5) is 0 Å². The molecule has 0 aromatic heterocycles. The Morgan fingerprint density at radius 3 is 2.45 bits per heavy atom. The molecule has 0 bridgehead atoms. The van der Waals surface area contributed by atoms with E-state index in [1.165, 1.54) is 0 Å². The molecular formula is C7H15NO3. The molecule has 0 radical (unpaired) electrons. The zero-order valence-electron chi connectivity index (χ0n) is 6.66. The number of aliphatic carboxylic acids is 1. The Morgan fingerprint density at radius 1 is 1.55 bits per heavy atom. The third-order valence-electron chi connectivity index (χ3n) is 1.60. The van der Waals surface area contributed by atoms with Crippen molar-refractivity contribution >= 4 is 5.97 Å². The van der Waals surface area contributed by atoms with Crippen LogP contribution < -0.4 is 5.73 Å². The zero-order chi connectivity index (χ0) is 8.85. The number of aliphatic hydroxyl groups excluding tert-OH is 1. The van der Waals surface area contributed by atoms with Gasteiger partial charge in [-0.1, -0.05) is 6.92 Å². The van der Waals surface area contributed by atoms with Crippen molar-refractivity contribution in [2.24, 2.45) is 5.73 Å². The van der Waals surface area contributed by atoms with Gasteiger partial charge in [-0.05, 0) is 19.3 Å². The van der Waals surface area contributed by atoms with Crippen LogP contribution in [0.3, 0.4) is 0 Å². The summed E-state index contributed by atoms with van der Waals surface area (Å²) in [5.74, 6) is -1.01. The van der Waals surface area contributed by atoms with Gasteiger partial charge >= 0.3 is 5.97 Å². The minimum absolute atomic E-state index is 0.338. The first kappa shape index (κ1) is 10.4. The van der Waals surface area contributed by atoms with Crippen molar-refractivity contribution in [3.05, 3.63) is 0 Å². The van der Waals surface area contributed by atoms with Crippen LogP contribution in [0.25, 0.3) is 0 Å². The van der Waals surface area contributed by atoms with Crippen LogP contribution in [-0.4, -0.2) is 28.3 Å². The van der Waals surface area contributed by atoms with Crippen molar-refractivity contribution in [3.8, 4) is 0 Å². The van der Waals surface area contributed by atoms with Gasteiger partial charge in [0.1, 0.15) is 6.04 Å². The lowest BCUT2D eigenvalue weighted by Gasteiger charge is -2.09. The Morgan fingerprint density at radius 2 is 2.09 bits per heavy atom. The number of carboxylic acids is 1. The summed E-state index contributed by atoms with van der Waals surface area (Å²) in [4.78, 5) is 10.2. The number of hydrogen-bond acceptors (Lipinski definition) is 3. The second-order valence-electron chi connectivity index (χ2n) is 2.58. The Kier molecular flexibility index (Phi) is 4.81. The SMILES string of the molecule is CC[C@@H](O)CC[C@H](N)C(=O)O. The Bertz CT molecular complexity index is 127. The van der Waals surface area contributed by atoms with E-state index in [0.29, 0.717) is 19.3 Å². The van der Waals surface area contributed by atoms with Gasteiger partial charge in [-0.15, -0.1) is 0 Å². The second kappa shape index (κ2) is 5.09. The highest BCUT2D eigenvalue weighted by Gasteiger charge is 2.12. The van der Waals surface area contributed by atoms with Gasteiger partial charge in [0.25, 0.3) is 0 Å². The van der Waals surface area contributed by atoms with Crippen LogP contribution in [0.2, 0.25) is 0 Å². The maximum absolute atomic E-state index is 10.2. The molecule has 4 N–H and O–H groups in total. The monoisotopic (exact) mass is 161 g/mol. The van der Waals surface area contributed by atoms with Crippen molar-refractivity contribution < 1.29 is 15.0 Å². The fourth-order valence-corrected chi connectivity index (χ4v) is 0.700. The van der Waals surface area contributed by atoms with E-state index in [9.17, 15) is 4.79 Å². The maximum atomic E-state index is 10.2. The van der Waals surface area contributed by atoms with Gasteiger partial charge in [-0.3, -0.25) is 4.79 Å². The maximum Gasteiger partial charge on any atom is 0.320 e. The minimum atomic E-state index is -1.01. The molecule has 0 saturated heterocycles. The molecule has 11 heavy (non-hydrogen) atoms. The summed E-state index contributed by atoms with van der Waals surface area (Å²) >= 11 is 0. The molecule has 0 aromatic carbocycles. The van der Waals surface area contributed by atoms with Crippen LogP contribution >= 0.6 is 0 Å². The highest BCUT2D eigenvalue weighted by Crippen LogP contribution is 2.02. The third-order valence-corrected chi connectivity index (χ3v) is 1.60. The molecule has 0 spiro atoms. The van der Waals surface area contributed by atoms with Crippen molar-refractivity contribution in [1.82, 2.24) is 0 Å². The van der Waals surface area contributed by atoms with Gasteiger partial charge in [-0.2, -0.15) is 0 Å². The van der Waals surface area contributed by atoms with E-state index < -0.39 is 18.1 Å². The fraction of sp³-hybridized carbons (Fsp3) is 0.857. The predicted molar refractivity (Wildman–Crippen MR) is 41.1 cm³/mol. The molecule has 4 heteroatoms. The molecule has 0 heterocycles. The highest BCUT2D eigenvalue weighted by molar-refractivity contribution is 5.72. The number of aliphatic hydroxyl groups is 1. The second-order valence-corrected chi connectivity index (χ2v) is 2.58. The largest absolute Gasteiger partial charge is 0.480 e. The molecule has 0 aliphatic heterocycles. The van der Waals surface area contributed by atoms with Crippen LogP contribution in [0.5, 0.6) is 0 Å². The molecule has 4 nitrogen and oxygen atoms in total. The van der Waals surface area contributed by atoms with Crippen molar-refractivity contribution in [2.45, 2.75) is 38.3 Å². The van der Waals surface area contributed by atoms with Gasteiger partial charge in [0.2, 0.25) is 0 Å². The molecule has 0 fully saturated rings. The minimum Gasteiger partial charge on any atom is -0.480 e. The molecule has 0 unspecified atom stereocenters. The number of carbonyl (C=O) groups is 1. The standard InChI is InChI=1S/C7H15NO3/c1-2-5(9)3-4-6(8)7(10)11/h5-6,9H,2-4,8H2,1H3,(H,10,11)/t5-,6+/m1/s1. The van der Waals surface area contributed by atoms with Gasteiger partial charge < -0.3 is 15.9 Å². The van der Waals surface area contributed by atoms with Crippen LogP contribution in [-0.2, 0) is 4.79 Å². The number of carboxylic acid groups (broad SMARTS) is 1. The highest BCUT2D eigenvalue weighted by atomic mass is 16.4. The van der Waals surface area contributed by atoms with Crippen LogP contribution in [0, 0.1) is 0 Å². The molecule has 0 rings (SSSR count). The Labute approximate surface area is 66.0 Å². The summed E-state index contributed by atoms with van der Waals surface area (Å²) in [7, 11) is 0.